The Kier molecular flexibility index (Phi) is 5.23. The Bertz CT molecular complexity index is 825. The van der Waals surface area contributed by atoms with Crippen LogP contribution in [0.4, 0.5) is 0 Å². The smallest absolute Gasteiger partial charge is 0.127 e. The highest BCUT2D eigenvalue weighted by molar-refractivity contribution is 7.99. The van der Waals surface area contributed by atoms with Crippen molar-refractivity contribution in [3.8, 4) is 11.5 Å². The third kappa shape index (κ3) is 3.36. The zero-order valence-electron chi connectivity index (χ0n) is 15.4. The van der Waals surface area contributed by atoms with Crippen LogP contribution < -0.4 is 14.8 Å². The average Bonchev–Trinajstić information content (AvgIpc) is 2.68. The molecular formula is C22H25NO2S. The van der Waals surface area contributed by atoms with Crippen LogP contribution in [-0.4, -0.2) is 26.8 Å². The molecule has 1 saturated heterocycles. The molecular weight excluding hydrogens is 342 g/mol. The van der Waals surface area contributed by atoms with E-state index in [2.05, 4.69) is 47.8 Å². The molecule has 0 saturated carbocycles. The van der Waals surface area contributed by atoms with Gasteiger partial charge in [-0.1, -0.05) is 23.9 Å². The second-order valence-corrected chi connectivity index (χ2v) is 7.78. The monoisotopic (exact) mass is 367 g/mol. The minimum atomic E-state index is 0.603. The van der Waals surface area contributed by atoms with Gasteiger partial charge in [-0.15, -0.1) is 0 Å². The van der Waals surface area contributed by atoms with Crippen molar-refractivity contribution in [3.63, 3.8) is 0 Å². The molecule has 1 N–H and O–H groups in total. The van der Waals surface area contributed by atoms with Crippen LogP contribution in [0.3, 0.4) is 0 Å². The topological polar surface area (TPSA) is 30.5 Å². The fourth-order valence-corrected chi connectivity index (χ4v) is 4.93. The molecule has 1 fully saturated rings. The van der Waals surface area contributed by atoms with Crippen LogP contribution in [0.2, 0.25) is 0 Å². The van der Waals surface area contributed by atoms with E-state index in [1.807, 2.05) is 6.92 Å². The molecule has 0 radical (unpaired) electrons. The predicted molar refractivity (Wildman–Crippen MR) is 107 cm³/mol. The molecule has 0 amide bonds. The first-order valence-electron chi connectivity index (χ1n) is 9.35. The number of benzene rings is 2. The van der Waals surface area contributed by atoms with E-state index in [0.717, 1.165) is 24.6 Å². The van der Waals surface area contributed by atoms with Crippen molar-refractivity contribution in [2.75, 3.05) is 26.8 Å². The molecule has 2 aliphatic rings. The van der Waals surface area contributed by atoms with Crippen LogP contribution in [0.1, 0.15) is 30.9 Å². The Morgan fingerprint density at radius 2 is 2.00 bits per heavy atom. The SMILES string of the molecule is CCOc1ccc2c(c1)Sc1cccc(OC)c1C2=CC1CCNCC1. The molecule has 26 heavy (non-hydrogen) atoms. The van der Waals surface area contributed by atoms with Crippen LogP contribution in [0.25, 0.3) is 5.57 Å². The van der Waals surface area contributed by atoms with E-state index in [1.165, 1.54) is 39.3 Å². The Balaban J connectivity index is 1.84. The van der Waals surface area contributed by atoms with E-state index in [9.17, 15) is 0 Å². The van der Waals surface area contributed by atoms with Gasteiger partial charge in [0, 0.05) is 15.4 Å². The van der Waals surface area contributed by atoms with Crippen molar-refractivity contribution in [3.05, 3.63) is 53.6 Å². The molecule has 0 spiro atoms. The fraction of sp³-hybridized carbons (Fsp3) is 0.364. The molecule has 4 heteroatoms. The van der Waals surface area contributed by atoms with E-state index in [4.69, 9.17) is 9.47 Å². The molecule has 2 heterocycles. The lowest BCUT2D eigenvalue weighted by Gasteiger charge is -2.27. The van der Waals surface area contributed by atoms with E-state index < -0.39 is 0 Å². The van der Waals surface area contributed by atoms with Gasteiger partial charge in [-0.05, 0) is 80.2 Å². The number of hydrogen-bond donors (Lipinski definition) is 1. The lowest BCUT2D eigenvalue weighted by Crippen LogP contribution is -2.27. The zero-order valence-corrected chi connectivity index (χ0v) is 16.2. The van der Waals surface area contributed by atoms with Crippen molar-refractivity contribution in [2.24, 2.45) is 5.92 Å². The molecule has 0 aromatic heterocycles. The van der Waals surface area contributed by atoms with Gasteiger partial charge in [0.25, 0.3) is 0 Å². The number of allylic oxidation sites excluding steroid dienone is 1. The first-order valence-corrected chi connectivity index (χ1v) is 10.2. The Labute approximate surface area is 159 Å². The van der Waals surface area contributed by atoms with Crippen LogP contribution in [0, 0.1) is 5.92 Å². The number of ether oxygens (including phenoxy) is 2. The highest BCUT2D eigenvalue weighted by Crippen LogP contribution is 2.50. The van der Waals surface area contributed by atoms with Gasteiger partial charge in [-0.25, -0.2) is 0 Å². The van der Waals surface area contributed by atoms with Crippen molar-refractivity contribution in [1.29, 1.82) is 0 Å². The minimum Gasteiger partial charge on any atom is -0.496 e. The molecule has 4 rings (SSSR count). The highest BCUT2D eigenvalue weighted by atomic mass is 32.2. The van der Waals surface area contributed by atoms with Crippen LogP contribution in [0.5, 0.6) is 11.5 Å². The van der Waals surface area contributed by atoms with Gasteiger partial charge >= 0.3 is 0 Å². The molecule has 136 valence electrons. The van der Waals surface area contributed by atoms with Gasteiger partial charge in [0.1, 0.15) is 11.5 Å². The second kappa shape index (κ2) is 7.77. The van der Waals surface area contributed by atoms with Crippen molar-refractivity contribution in [1.82, 2.24) is 5.32 Å². The number of fused-ring (bicyclic) bond motifs is 2. The number of rotatable bonds is 4. The third-order valence-electron chi connectivity index (χ3n) is 5.04. The van der Waals surface area contributed by atoms with Crippen LogP contribution in [-0.2, 0) is 0 Å². The summed E-state index contributed by atoms with van der Waals surface area (Å²) in [6.07, 6.45) is 4.85. The van der Waals surface area contributed by atoms with E-state index in [0.29, 0.717) is 12.5 Å². The molecule has 3 nitrogen and oxygen atoms in total. The maximum atomic E-state index is 5.72. The zero-order chi connectivity index (χ0) is 17.9. The molecule has 2 aromatic carbocycles. The standard InChI is InChI=1S/C22H25NO2S/c1-3-25-16-7-8-17-18(13-15-9-11-23-12-10-15)22-19(24-2)5-4-6-20(22)26-21(17)14-16/h4-8,13-15,23H,3,9-12H2,1-2H3. The van der Waals surface area contributed by atoms with Crippen LogP contribution >= 0.6 is 11.8 Å². The summed E-state index contributed by atoms with van der Waals surface area (Å²) in [5.74, 6) is 2.49. The fourth-order valence-electron chi connectivity index (χ4n) is 3.77. The maximum absolute atomic E-state index is 5.72. The lowest BCUT2D eigenvalue weighted by atomic mass is 9.89. The summed E-state index contributed by atoms with van der Waals surface area (Å²) in [4.78, 5) is 2.52. The number of methoxy groups -OCH3 is 1. The van der Waals surface area contributed by atoms with Gasteiger partial charge in [0.15, 0.2) is 0 Å². The summed E-state index contributed by atoms with van der Waals surface area (Å²) >= 11 is 1.80. The summed E-state index contributed by atoms with van der Waals surface area (Å²) < 4.78 is 11.4. The lowest BCUT2D eigenvalue weighted by molar-refractivity contribution is 0.339. The van der Waals surface area contributed by atoms with Gasteiger partial charge < -0.3 is 14.8 Å². The van der Waals surface area contributed by atoms with Gasteiger partial charge in [0.05, 0.1) is 13.7 Å². The first-order chi connectivity index (χ1) is 12.8. The average molecular weight is 368 g/mol. The summed E-state index contributed by atoms with van der Waals surface area (Å²) in [5.41, 5.74) is 3.82. The molecule has 2 aromatic rings. The summed E-state index contributed by atoms with van der Waals surface area (Å²) in [6, 6.07) is 12.8. The number of hydrogen-bond acceptors (Lipinski definition) is 4. The highest BCUT2D eigenvalue weighted by Gasteiger charge is 2.26. The molecule has 0 unspecified atom stereocenters. The summed E-state index contributed by atoms with van der Waals surface area (Å²) in [7, 11) is 1.76. The number of piperidine rings is 1. The van der Waals surface area contributed by atoms with E-state index >= 15 is 0 Å². The second-order valence-electron chi connectivity index (χ2n) is 6.69. The van der Waals surface area contributed by atoms with Crippen molar-refractivity contribution >= 4 is 17.3 Å². The summed E-state index contributed by atoms with van der Waals surface area (Å²) in [5, 5.41) is 3.46. The maximum Gasteiger partial charge on any atom is 0.127 e. The summed E-state index contributed by atoms with van der Waals surface area (Å²) in [6.45, 7) is 4.90. The Morgan fingerprint density at radius 1 is 1.15 bits per heavy atom. The van der Waals surface area contributed by atoms with E-state index in [-0.39, 0.29) is 0 Å². The molecule has 0 aliphatic carbocycles. The van der Waals surface area contributed by atoms with Gasteiger partial charge in [0.2, 0.25) is 0 Å². The molecule has 2 aliphatic heterocycles. The first kappa shape index (κ1) is 17.5. The minimum absolute atomic E-state index is 0.603. The van der Waals surface area contributed by atoms with Crippen molar-refractivity contribution < 1.29 is 9.47 Å². The van der Waals surface area contributed by atoms with Crippen LogP contribution in [0.15, 0.2) is 52.3 Å². The van der Waals surface area contributed by atoms with Gasteiger partial charge in [-0.2, -0.15) is 0 Å². The normalized spacial score (nSPS) is 18.3. The van der Waals surface area contributed by atoms with E-state index in [1.54, 1.807) is 18.9 Å². The number of nitrogens with one attached hydrogen (secondary N) is 1. The van der Waals surface area contributed by atoms with Crippen molar-refractivity contribution in [2.45, 2.75) is 29.6 Å². The molecule has 0 atom stereocenters. The predicted octanol–water partition coefficient (Wildman–Crippen LogP) is 4.99. The largest absolute Gasteiger partial charge is 0.496 e. The molecule has 0 bridgehead atoms. The quantitative estimate of drug-likeness (QED) is 0.704. The Morgan fingerprint density at radius 3 is 2.77 bits per heavy atom. The third-order valence-corrected chi connectivity index (χ3v) is 6.16. The van der Waals surface area contributed by atoms with Gasteiger partial charge in [-0.3, -0.25) is 0 Å². The Hall–Kier alpha value is -1.91.